The number of rotatable bonds is 4. The highest BCUT2D eigenvalue weighted by molar-refractivity contribution is 5.91. The number of carbonyl (C=O) groups excluding carboxylic acids is 1. The van der Waals surface area contributed by atoms with E-state index in [9.17, 15) is 9.90 Å². The number of hydrogen-bond acceptors (Lipinski definition) is 4. The maximum atomic E-state index is 12.1. The molecular weight excluding hydrogens is 302 g/mol. The Hall–Kier alpha value is -2.40. The number of anilines is 1. The Morgan fingerprint density at radius 3 is 2.75 bits per heavy atom. The Balaban J connectivity index is 1.48. The molecule has 5 nitrogen and oxygen atoms in total. The molecule has 24 heavy (non-hydrogen) atoms. The zero-order valence-corrected chi connectivity index (χ0v) is 13.9. The van der Waals surface area contributed by atoms with Crippen molar-refractivity contribution in [2.45, 2.75) is 25.7 Å². The predicted molar refractivity (Wildman–Crippen MR) is 94.1 cm³/mol. The minimum atomic E-state index is -0.0258. The second kappa shape index (κ2) is 7.45. The van der Waals surface area contributed by atoms with Gasteiger partial charge in [-0.15, -0.1) is 0 Å². The topological polar surface area (TPSA) is 65.5 Å². The largest absolute Gasteiger partial charge is 0.508 e. The SMILES string of the molecule is Cc1ccc(NC(=O)CN2CCC(c3cccc(O)c3)CC2)nc1. The van der Waals surface area contributed by atoms with Gasteiger partial charge in [-0.2, -0.15) is 0 Å². The standard InChI is InChI=1S/C19H23N3O2/c1-14-5-6-18(20-12-14)21-19(24)13-22-9-7-15(8-10-22)16-3-2-4-17(23)11-16/h2-6,11-12,15,23H,7-10,13H2,1H3,(H,20,21,24). The molecule has 1 saturated heterocycles. The third-order valence-electron chi connectivity index (χ3n) is 4.48. The first-order valence-corrected chi connectivity index (χ1v) is 8.34. The second-order valence-electron chi connectivity index (χ2n) is 6.41. The van der Waals surface area contributed by atoms with Crippen LogP contribution in [0.4, 0.5) is 5.82 Å². The molecule has 2 N–H and O–H groups in total. The van der Waals surface area contributed by atoms with Gasteiger partial charge in [-0.25, -0.2) is 4.98 Å². The number of nitrogens with one attached hydrogen (secondary N) is 1. The summed E-state index contributed by atoms with van der Waals surface area (Å²) in [5, 5.41) is 12.4. The minimum Gasteiger partial charge on any atom is -0.508 e. The first-order valence-electron chi connectivity index (χ1n) is 8.34. The van der Waals surface area contributed by atoms with Gasteiger partial charge in [-0.1, -0.05) is 18.2 Å². The number of nitrogens with zero attached hydrogens (tertiary/aromatic N) is 2. The number of amides is 1. The molecule has 1 aromatic carbocycles. The van der Waals surface area contributed by atoms with Crippen LogP contribution < -0.4 is 5.32 Å². The van der Waals surface area contributed by atoms with Crippen molar-refractivity contribution >= 4 is 11.7 Å². The van der Waals surface area contributed by atoms with Gasteiger partial charge in [-0.3, -0.25) is 9.69 Å². The molecule has 1 amide bonds. The van der Waals surface area contributed by atoms with Crippen LogP contribution in [0, 0.1) is 6.92 Å². The van der Waals surface area contributed by atoms with Crippen molar-refractivity contribution in [3.63, 3.8) is 0 Å². The molecule has 2 heterocycles. The number of phenols is 1. The number of aromatic nitrogens is 1. The number of phenolic OH excluding ortho intramolecular Hbond substituents is 1. The molecule has 126 valence electrons. The highest BCUT2D eigenvalue weighted by atomic mass is 16.3. The Labute approximate surface area is 142 Å². The Morgan fingerprint density at radius 1 is 1.29 bits per heavy atom. The smallest absolute Gasteiger partial charge is 0.239 e. The van der Waals surface area contributed by atoms with Crippen LogP contribution in [0.15, 0.2) is 42.6 Å². The van der Waals surface area contributed by atoms with Crippen LogP contribution in [0.3, 0.4) is 0 Å². The summed E-state index contributed by atoms with van der Waals surface area (Å²) in [6.45, 7) is 4.13. The highest BCUT2D eigenvalue weighted by Crippen LogP contribution is 2.29. The average molecular weight is 325 g/mol. The molecule has 1 aliphatic heterocycles. The van der Waals surface area contributed by atoms with Crippen LogP contribution in [0.1, 0.15) is 29.9 Å². The van der Waals surface area contributed by atoms with E-state index < -0.39 is 0 Å². The molecule has 1 aliphatic rings. The fourth-order valence-electron chi connectivity index (χ4n) is 3.13. The maximum Gasteiger partial charge on any atom is 0.239 e. The van der Waals surface area contributed by atoms with E-state index in [-0.39, 0.29) is 5.91 Å². The van der Waals surface area contributed by atoms with Gasteiger partial charge in [0.05, 0.1) is 6.54 Å². The monoisotopic (exact) mass is 325 g/mol. The molecule has 0 aliphatic carbocycles. The van der Waals surface area contributed by atoms with E-state index in [0.717, 1.165) is 31.5 Å². The van der Waals surface area contributed by atoms with Crippen LogP contribution in [0.2, 0.25) is 0 Å². The summed E-state index contributed by atoms with van der Waals surface area (Å²) in [5.41, 5.74) is 2.25. The molecule has 5 heteroatoms. The summed E-state index contributed by atoms with van der Waals surface area (Å²) in [7, 11) is 0. The molecule has 0 saturated carbocycles. The summed E-state index contributed by atoms with van der Waals surface area (Å²) in [4.78, 5) is 18.5. The van der Waals surface area contributed by atoms with Crippen LogP contribution in [-0.4, -0.2) is 40.5 Å². The van der Waals surface area contributed by atoms with Gasteiger partial charge in [0, 0.05) is 6.20 Å². The van der Waals surface area contributed by atoms with Gasteiger partial charge in [0.15, 0.2) is 0 Å². The molecular formula is C19H23N3O2. The lowest BCUT2D eigenvalue weighted by molar-refractivity contribution is -0.117. The lowest BCUT2D eigenvalue weighted by Crippen LogP contribution is -2.38. The van der Waals surface area contributed by atoms with Gasteiger partial charge < -0.3 is 10.4 Å². The number of pyridine rings is 1. The van der Waals surface area contributed by atoms with Gasteiger partial charge in [0.1, 0.15) is 11.6 Å². The van der Waals surface area contributed by atoms with E-state index in [4.69, 9.17) is 0 Å². The molecule has 0 spiro atoms. The van der Waals surface area contributed by atoms with E-state index in [2.05, 4.69) is 21.3 Å². The normalized spacial score (nSPS) is 16.0. The van der Waals surface area contributed by atoms with Crippen molar-refractivity contribution in [3.05, 3.63) is 53.7 Å². The Kier molecular flexibility index (Phi) is 5.11. The quantitative estimate of drug-likeness (QED) is 0.907. The third-order valence-corrected chi connectivity index (χ3v) is 4.48. The van der Waals surface area contributed by atoms with E-state index >= 15 is 0 Å². The number of aryl methyl sites for hydroxylation is 1. The van der Waals surface area contributed by atoms with Crippen LogP contribution in [-0.2, 0) is 4.79 Å². The maximum absolute atomic E-state index is 12.1. The molecule has 0 atom stereocenters. The molecule has 1 aromatic heterocycles. The van der Waals surface area contributed by atoms with Gasteiger partial charge in [0.25, 0.3) is 0 Å². The van der Waals surface area contributed by atoms with Crippen molar-refractivity contribution in [1.29, 1.82) is 0 Å². The summed E-state index contributed by atoms with van der Waals surface area (Å²) >= 11 is 0. The molecule has 0 bridgehead atoms. The summed E-state index contributed by atoms with van der Waals surface area (Å²) in [6, 6.07) is 11.2. The van der Waals surface area contributed by atoms with E-state index in [0.29, 0.717) is 24.0 Å². The third kappa shape index (κ3) is 4.32. The number of benzene rings is 1. The van der Waals surface area contributed by atoms with E-state index in [1.165, 1.54) is 5.56 Å². The number of hydrogen-bond donors (Lipinski definition) is 2. The zero-order valence-electron chi connectivity index (χ0n) is 13.9. The van der Waals surface area contributed by atoms with Gasteiger partial charge >= 0.3 is 0 Å². The number of likely N-dealkylation sites (tertiary alicyclic amines) is 1. The van der Waals surface area contributed by atoms with Crippen molar-refractivity contribution in [2.75, 3.05) is 25.0 Å². The fourth-order valence-corrected chi connectivity index (χ4v) is 3.13. The van der Waals surface area contributed by atoms with E-state index in [1.807, 2.05) is 31.2 Å². The minimum absolute atomic E-state index is 0.0258. The van der Waals surface area contributed by atoms with Crippen LogP contribution in [0.25, 0.3) is 0 Å². The first kappa shape index (κ1) is 16.5. The Bertz CT molecular complexity index is 692. The molecule has 1 fully saturated rings. The molecule has 2 aromatic rings. The second-order valence-corrected chi connectivity index (χ2v) is 6.41. The number of carbonyl (C=O) groups is 1. The average Bonchev–Trinajstić information content (AvgIpc) is 2.58. The lowest BCUT2D eigenvalue weighted by atomic mass is 9.89. The predicted octanol–water partition coefficient (Wildman–Crippen LogP) is 2.91. The highest BCUT2D eigenvalue weighted by Gasteiger charge is 2.22. The molecule has 0 radical (unpaired) electrons. The molecule has 0 unspecified atom stereocenters. The number of aromatic hydroxyl groups is 1. The molecule has 3 rings (SSSR count). The number of piperidine rings is 1. The summed E-state index contributed by atoms with van der Waals surface area (Å²) in [6.07, 6.45) is 3.75. The van der Waals surface area contributed by atoms with Gasteiger partial charge in [0.2, 0.25) is 5.91 Å². The first-order chi connectivity index (χ1) is 11.6. The van der Waals surface area contributed by atoms with Crippen molar-refractivity contribution in [3.8, 4) is 5.75 Å². The van der Waals surface area contributed by atoms with Crippen molar-refractivity contribution < 1.29 is 9.90 Å². The van der Waals surface area contributed by atoms with E-state index in [1.54, 1.807) is 12.3 Å². The van der Waals surface area contributed by atoms with Gasteiger partial charge in [-0.05, 0) is 68.1 Å². The lowest BCUT2D eigenvalue weighted by Gasteiger charge is -2.31. The fraction of sp³-hybridized carbons (Fsp3) is 0.368. The van der Waals surface area contributed by atoms with Crippen LogP contribution in [0.5, 0.6) is 5.75 Å². The van der Waals surface area contributed by atoms with Crippen LogP contribution >= 0.6 is 0 Å². The summed E-state index contributed by atoms with van der Waals surface area (Å²) in [5.74, 6) is 1.34. The zero-order chi connectivity index (χ0) is 16.9. The summed E-state index contributed by atoms with van der Waals surface area (Å²) < 4.78 is 0. The van der Waals surface area contributed by atoms with Crippen molar-refractivity contribution in [1.82, 2.24) is 9.88 Å². The Morgan fingerprint density at radius 2 is 2.08 bits per heavy atom. The van der Waals surface area contributed by atoms with Crippen molar-refractivity contribution in [2.24, 2.45) is 0 Å².